The molecule has 1 aliphatic rings. The summed E-state index contributed by atoms with van der Waals surface area (Å²) in [6.45, 7) is 0. The molecule has 0 atom stereocenters. The molecule has 0 aromatic rings. The van der Waals surface area contributed by atoms with Gasteiger partial charge in [-0.1, -0.05) is 0 Å². The predicted octanol–water partition coefficient (Wildman–Crippen LogP) is 2.75. The van der Waals surface area contributed by atoms with E-state index < -0.39 is 18.4 Å². The molecular formula is C8H14Sn. The van der Waals surface area contributed by atoms with Crippen LogP contribution in [0.3, 0.4) is 0 Å². The van der Waals surface area contributed by atoms with Gasteiger partial charge in [0.25, 0.3) is 0 Å². The van der Waals surface area contributed by atoms with Crippen molar-refractivity contribution in [3.63, 3.8) is 0 Å². The van der Waals surface area contributed by atoms with E-state index in [-0.39, 0.29) is 0 Å². The molecule has 0 aromatic heterocycles. The summed E-state index contributed by atoms with van der Waals surface area (Å²) in [5.74, 6) is 0. The first-order valence-corrected chi connectivity index (χ1v) is 13.5. The topological polar surface area (TPSA) is 0 Å². The van der Waals surface area contributed by atoms with E-state index in [2.05, 4.69) is 33.0 Å². The Morgan fingerprint density at radius 3 is 2.22 bits per heavy atom. The molecule has 0 heterocycles. The molecule has 0 spiro atoms. The molecule has 1 aliphatic carbocycles. The van der Waals surface area contributed by atoms with Crippen molar-refractivity contribution < 1.29 is 0 Å². The molecule has 0 nitrogen and oxygen atoms in total. The fourth-order valence-corrected chi connectivity index (χ4v) is 4.79. The van der Waals surface area contributed by atoms with Crippen molar-refractivity contribution in [1.82, 2.24) is 0 Å². The van der Waals surface area contributed by atoms with E-state index in [9.17, 15) is 0 Å². The Morgan fingerprint density at radius 2 is 2.00 bits per heavy atom. The van der Waals surface area contributed by atoms with Gasteiger partial charge in [-0.3, -0.25) is 0 Å². The van der Waals surface area contributed by atoms with Gasteiger partial charge in [0.1, 0.15) is 0 Å². The SMILES string of the molecule is [CH3][Sn]([CH3])([CH3])[C]1=CC=CC1. The fraction of sp³-hybridized carbons (Fsp3) is 0.500. The molecule has 0 saturated heterocycles. The Bertz CT molecular complexity index is 158. The van der Waals surface area contributed by atoms with Crippen LogP contribution in [-0.4, -0.2) is 18.4 Å². The van der Waals surface area contributed by atoms with Crippen LogP contribution in [0.4, 0.5) is 0 Å². The van der Waals surface area contributed by atoms with Crippen molar-refractivity contribution in [3.05, 3.63) is 21.8 Å². The van der Waals surface area contributed by atoms with Gasteiger partial charge < -0.3 is 0 Å². The number of allylic oxidation sites excluding steroid dienone is 4. The molecule has 1 rings (SSSR count). The molecular weight excluding hydrogens is 215 g/mol. The van der Waals surface area contributed by atoms with Crippen molar-refractivity contribution in [3.8, 4) is 0 Å². The first-order chi connectivity index (χ1) is 4.11. The Balaban J connectivity index is 2.66. The summed E-state index contributed by atoms with van der Waals surface area (Å²) >= 11 is -1.59. The van der Waals surface area contributed by atoms with Crippen LogP contribution in [0.2, 0.25) is 14.8 Å². The molecule has 0 radical (unpaired) electrons. The molecule has 0 unspecified atom stereocenters. The summed E-state index contributed by atoms with van der Waals surface area (Å²) in [5.41, 5.74) is 0. The van der Waals surface area contributed by atoms with Gasteiger partial charge in [0.05, 0.1) is 0 Å². The fourth-order valence-electron chi connectivity index (χ4n) is 1.00. The third kappa shape index (κ3) is 1.85. The molecule has 0 saturated carbocycles. The van der Waals surface area contributed by atoms with Crippen LogP contribution in [0.15, 0.2) is 21.8 Å². The summed E-state index contributed by atoms with van der Waals surface area (Å²) < 4.78 is 1.75. The minimum absolute atomic E-state index is 1.25. The minimum atomic E-state index is -1.59. The van der Waals surface area contributed by atoms with Crippen LogP contribution in [-0.2, 0) is 0 Å². The Labute approximate surface area is 61.5 Å². The monoisotopic (exact) mass is 230 g/mol. The number of hydrogen-bond acceptors (Lipinski definition) is 0. The van der Waals surface area contributed by atoms with E-state index >= 15 is 0 Å². The van der Waals surface area contributed by atoms with E-state index in [1.807, 2.05) is 0 Å². The van der Waals surface area contributed by atoms with Gasteiger partial charge >= 0.3 is 61.4 Å². The maximum absolute atomic E-state index is 2.47. The van der Waals surface area contributed by atoms with E-state index in [4.69, 9.17) is 0 Å². The maximum atomic E-state index is 2.47. The van der Waals surface area contributed by atoms with Gasteiger partial charge in [0.2, 0.25) is 0 Å². The average Bonchev–Trinajstić information content (AvgIpc) is 2.08. The summed E-state index contributed by atoms with van der Waals surface area (Å²) in [4.78, 5) is 7.40. The zero-order chi connectivity index (χ0) is 6.91. The second kappa shape index (κ2) is 2.49. The molecule has 0 aliphatic heterocycles. The molecule has 9 heavy (non-hydrogen) atoms. The van der Waals surface area contributed by atoms with Crippen LogP contribution >= 0.6 is 0 Å². The van der Waals surface area contributed by atoms with Gasteiger partial charge in [0, 0.05) is 0 Å². The van der Waals surface area contributed by atoms with E-state index in [1.165, 1.54) is 6.42 Å². The van der Waals surface area contributed by atoms with Crippen LogP contribution in [0.5, 0.6) is 0 Å². The molecule has 0 bridgehead atoms. The van der Waals surface area contributed by atoms with Gasteiger partial charge in [-0.25, -0.2) is 0 Å². The van der Waals surface area contributed by atoms with Gasteiger partial charge in [-0.2, -0.15) is 0 Å². The summed E-state index contributed by atoms with van der Waals surface area (Å²) in [6, 6.07) is 0. The summed E-state index contributed by atoms with van der Waals surface area (Å²) in [7, 11) is 0. The van der Waals surface area contributed by atoms with Crippen LogP contribution in [0, 0.1) is 0 Å². The molecule has 1 heteroatoms. The zero-order valence-electron chi connectivity index (χ0n) is 6.44. The Morgan fingerprint density at radius 1 is 1.33 bits per heavy atom. The van der Waals surface area contributed by atoms with Gasteiger partial charge in [-0.15, -0.1) is 0 Å². The zero-order valence-corrected chi connectivity index (χ0v) is 9.29. The first-order valence-electron chi connectivity index (χ1n) is 3.47. The van der Waals surface area contributed by atoms with Crippen LogP contribution in [0.25, 0.3) is 0 Å². The molecule has 0 aromatic carbocycles. The van der Waals surface area contributed by atoms with E-state index in [1.54, 1.807) is 3.59 Å². The second-order valence-corrected chi connectivity index (χ2v) is 18.3. The quantitative estimate of drug-likeness (QED) is 0.606. The number of rotatable bonds is 1. The molecule has 0 amide bonds. The normalized spacial score (nSPS) is 18.3. The van der Waals surface area contributed by atoms with Gasteiger partial charge in [-0.05, 0) is 0 Å². The van der Waals surface area contributed by atoms with Crippen molar-refractivity contribution >= 4 is 18.4 Å². The third-order valence-electron chi connectivity index (χ3n) is 1.73. The average molecular weight is 229 g/mol. The Kier molecular flexibility index (Phi) is 2.04. The van der Waals surface area contributed by atoms with Crippen molar-refractivity contribution in [2.75, 3.05) is 0 Å². The van der Waals surface area contributed by atoms with Gasteiger partial charge in [0.15, 0.2) is 0 Å². The van der Waals surface area contributed by atoms with E-state index in [0.717, 1.165) is 0 Å². The predicted molar refractivity (Wildman–Crippen MR) is 45.2 cm³/mol. The molecule has 0 fully saturated rings. The van der Waals surface area contributed by atoms with Crippen LogP contribution < -0.4 is 0 Å². The first kappa shape index (κ1) is 7.39. The van der Waals surface area contributed by atoms with Crippen molar-refractivity contribution in [2.45, 2.75) is 21.2 Å². The third-order valence-corrected chi connectivity index (χ3v) is 8.29. The van der Waals surface area contributed by atoms with Crippen LogP contribution in [0.1, 0.15) is 6.42 Å². The Hall–Kier alpha value is 0.279. The summed E-state index contributed by atoms with van der Waals surface area (Å²) in [6.07, 6.45) is 8.02. The second-order valence-electron chi connectivity index (χ2n) is 3.57. The summed E-state index contributed by atoms with van der Waals surface area (Å²) in [5, 5.41) is 0. The number of hydrogen-bond donors (Lipinski definition) is 0. The van der Waals surface area contributed by atoms with E-state index in [0.29, 0.717) is 0 Å². The standard InChI is InChI=1S/C5H5.3CH3.Sn/c1-2-4-5-3-1;;;;/h1-3H,4H2;3*1H3;. The molecule has 0 N–H and O–H groups in total. The molecule has 50 valence electrons. The van der Waals surface area contributed by atoms with Crippen molar-refractivity contribution in [2.24, 2.45) is 0 Å². The van der Waals surface area contributed by atoms with Crippen molar-refractivity contribution in [1.29, 1.82) is 0 Å².